The van der Waals surface area contributed by atoms with Crippen LogP contribution in [0.2, 0.25) is 5.02 Å². The summed E-state index contributed by atoms with van der Waals surface area (Å²) in [6, 6.07) is 14.0. The lowest BCUT2D eigenvalue weighted by Gasteiger charge is -2.04. The van der Waals surface area contributed by atoms with Crippen LogP contribution in [-0.4, -0.2) is 9.78 Å². The van der Waals surface area contributed by atoms with Crippen LogP contribution in [0.25, 0.3) is 10.9 Å². The van der Waals surface area contributed by atoms with Gasteiger partial charge in [0.05, 0.1) is 18.3 Å². The lowest BCUT2D eigenvalue weighted by Crippen LogP contribution is -2.00. The van der Waals surface area contributed by atoms with E-state index >= 15 is 0 Å². The van der Waals surface area contributed by atoms with Crippen LogP contribution in [0.1, 0.15) is 5.56 Å². The molecule has 3 rings (SSSR count). The minimum atomic E-state index is 0.752. The second kappa shape index (κ2) is 4.75. The average Bonchev–Trinajstić information content (AvgIpc) is 2.74. The average molecular weight is 322 g/mol. The molecule has 0 saturated carbocycles. The van der Waals surface area contributed by atoms with Gasteiger partial charge in [0.25, 0.3) is 0 Å². The van der Waals surface area contributed by atoms with Crippen molar-refractivity contribution in [1.82, 2.24) is 9.78 Å². The molecule has 0 radical (unpaired) electrons. The monoisotopic (exact) mass is 320 g/mol. The SMILES string of the molecule is Clc1ccc(Cn2ncc3cc(Br)ccc32)cc1. The van der Waals surface area contributed by atoms with Gasteiger partial charge in [-0.25, -0.2) is 0 Å². The van der Waals surface area contributed by atoms with Gasteiger partial charge in [0.15, 0.2) is 0 Å². The summed E-state index contributed by atoms with van der Waals surface area (Å²) in [4.78, 5) is 0. The molecule has 0 aliphatic rings. The largest absolute Gasteiger partial charge is 0.260 e. The fraction of sp³-hybridized carbons (Fsp3) is 0.0714. The number of hydrogen-bond acceptors (Lipinski definition) is 1. The molecule has 0 aliphatic heterocycles. The van der Waals surface area contributed by atoms with Crippen molar-refractivity contribution in [3.8, 4) is 0 Å². The number of fused-ring (bicyclic) bond motifs is 1. The number of benzene rings is 2. The zero-order chi connectivity index (χ0) is 12.5. The standard InChI is InChI=1S/C14H10BrClN2/c15-12-3-6-14-11(7-12)8-17-18(14)9-10-1-4-13(16)5-2-10/h1-8H,9H2. The van der Waals surface area contributed by atoms with Crippen molar-refractivity contribution in [3.63, 3.8) is 0 Å². The first kappa shape index (κ1) is 11.8. The van der Waals surface area contributed by atoms with E-state index in [0.717, 1.165) is 26.9 Å². The molecule has 0 N–H and O–H groups in total. The molecule has 0 bridgehead atoms. The van der Waals surface area contributed by atoms with E-state index in [1.807, 2.05) is 41.2 Å². The molecule has 0 amide bonds. The molecule has 3 aromatic rings. The van der Waals surface area contributed by atoms with Crippen LogP contribution >= 0.6 is 27.5 Å². The summed E-state index contributed by atoms with van der Waals surface area (Å²) in [7, 11) is 0. The third-order valence-electron chi connectivity index (χ3n) is 2.85. The van der Waals surface area contributed by atoms with Gasteiger partial charge < -0.3 is 0 Å². The van der Waals surface area contributed by atoms with E-state index in [1.54, 1.807) is 0 Å². The Morgan fingerprint density at radius 2 is 1.89 bits per heavy atom. The van der Waals surface area contributed by atoms with Crippen molar-refractivity contribution in [2.24, 2.45) is 0 Å². The molecule has 18 heavy (non-hydrogen) atoms. The first-order valence-electron chi connectivity index (χ1n) is 5.58. The summed E-state index contributed by atoms with van der Waals surface area (Å²) in [5.74, 6) is 0. The highest BCUT2D eigenvalue weighted by Crippen LogP contribution is 2.20. The minimum Gasteiger partial charge on any atom is -0.260 e. The van der Waals surface area contributed by atoms with Gasteiger partial charge in [0.1, 0.15) is 0 Å². The van der Waals surface area contributed by atoms with E-state index in [9.17, 15) is 0 Å². The fourth-order valence-electron chi connectivity index (χ4n) is 1.95. The predicted molar refractivity (Wildman–Crippen MR) is 78.0 cm³/mol. The molecule has 1 aromatic heterocycles. The highest BCUT2D eigenvalue weighted by Gasteiger charge is 2.03. The summed E-state index contributed by atoms with van der Waals surface area (Å²) < 4.78 is 3.06. The summed E-state index contributed by atoms with van der Waals surface area (Å²) in [6.07, 6.45) is 1.88. The van der Waals surface area contributed by atoms with Crippen LogP contribution < -0.4 is 0 Å². The first-order chi connectivity index (χ1) is 8.72. The lowest BCUT2D eigenvalue weighted by atomic mass is 10.2. The molecule has 0 spiro atoms. The van der Waals surface area contributed by atoms with Crippen LogP contribution in [0.5, 0.6) is 0 Å². The Labute approximate surface area is 118 Å². The zero-order valence-electron chi connectivity index (χ0n) is 9.48. The van der Waals surface area contributed by atoms with Gasteiger partial charge in [0, 0.05) is 14.9 Å². The molecule has 0 unspecified atom stereocenters. The Balaban J connectivity index is 1.97. The Bertz CT molecular complexity index is 689. The normalized spacial score (nSPS) is 11.0. The molecule has 0 atom stereocenters. The predicted octanol–water partition coefficient (Wildman–Crippen LogP) is 4.50. The van der Waals surface area contributed by atoms with Crippen molar-refractivity contribution < 1.29 is 0 Å². The van der Waals surface area contributed by atoms with E-state index in [4.69, 9.17) is 11.6 Å². The van der Waals surface area contributed by atoms with Crippen molar-refractivity contribution in [2.75, 3.05) is 0 Å². The van der Waals surface area contributed by atoms with E-state index in [-0.39, 0.29) is 0 Å². The number of hydrogen-bond donors (Lipinski definition) is 0. The summed E-state index contributed by atoms with van der Waals surface area (Å²) in [5, 5.41) is 6.31. The number of nitrogens with zero attached hydrogens (tertiary/aromatic N) is 2. The Morgan fingerprint density at radius 1 is 1.11 bits per heavy atom. The van der Waals surface area contributed by atoms with Crippen molar-refractivity contribution in [3.05, 3.63) is 63.7 Å². The molecular formula is C14H10BrClN2. The highest BCUT2D eigenvalue weighted by atomic mass is 79.9. The van der Waals surface area contributed by atoms with Gasteiger partial charge in [-0.2, -0.15) is 5.10 Å². The molecule has 0 aliphatic carbocycles. The maximum absolute atomic E-state index is 5.88. The van der Waals surface area contributed by atoms with Crippen LogP contribution in [-0.2, 0) is 6.54 Å². The van der Waals surface area contributed by atoms with Crippen LogP contribution in [0.4, 0.5) is 0 Å². The zero-order valence-corrected chi connectivity index (χ0v) is 11.8. The van der Waals surface area contributed by atoms with Gasteiger partial charge in [-0.05, 0) is 35.9 Å². The summed E-state index contributed by atoms with van der Waals surface area (Å²) >= 11 is 9.34. The number of aromatic nitrogens is 2. The van der Waals surface area contributed by atoms with Crippen LogP contribution in [0.15, 0.2) is 53.1 Å². The van der Waals surface area contributed by atoms with Crippen molar-refractivity contribution in [2.45, 2.75) is 6.54 Å². The molecule has 0 saturated heterocycles. The minimum absolute atomic E-state index is 0.752. The second-order valence-electron chi connectivity index (χ2n) is 4.13. The van der Waals surface area contributed by atoms with Gasteiger partial charge >= 0.3 is 0 Å². The molecule has 90 valence electrons. The molecule has 2 nitrogen and oxygen atoms in total. The molecule has 2 aromatic carbocycles. The Hall–Kier alpha value is -1.32. The third-order valence-corrected chi connectivity index (χ3v) is 3.59. The maximum atomic E-state index is 5.88. The lowest BCUT2D eigenvalue weighted by molar-refractivity contribution is 0.712. The highest BCUT2D eigenvalue weighted by molar-refractivity contribution is 9.10. The number of rotatable bonds is 2. The van der Waals surface area contributed by atoms with Gasteiger partial charge in [0.2, 0.25) is 0 Å². The molecule has 4 heteroatoms. The van der Waals surface area contributed by atoms with Gasteiger partial charge in [-0.3, -0.25) is 4.68 Å². The van der Waals surface area contributed by atoms with E-state index in [2.05, 4.69) is 33.2 Å². The van der Waals surface area contributed by atoms with E-state index in [0.29, 0.717) is 0 Å². The molecule has 0 fully saturated rings. The van der Waals surface area contributed by atoms with E-state index < -0.39 is 0 Å². The topological polar surface area (TPSA) is 17.8 Å². The second-order valence-corrected chi connectivity index (χ2v) is 5.48. The Morgan fingerprint density at radius 3 is 2.67 bits per heavy atom. The quantitative estimate of drug-likeness (QED) is 0.679. The van der Waals surface area contributed by atoms with Gasteiger partial charge in [-0.1, -0.05) is 39.7 Å². The van der Waals surface area contributed by atoms with Crippen LogP contribution in [0, 0.1) is 0 Å². The molecular weight excluding hydrogens is 312 g/mol. The maximum Gasteiger partial charge on any atom is 0.0687 e. The first-order valence-corrected chi connectivity index (χ1v) is 6.75. The smallest absolute Gasteiger partial charge is 0.0687 e. The van der Waals surface area contributed by atoms with Crippen molar-refractivity contribution >= 4 is 38.4 Å². The fourth-order valence-corrected chi connectivity index (χ4v) is 2.45. The summed E-state index contributed by atoms with van der Waals surface area (Å²) in [6.45, 7) is 0.752. The van der Waals surface area contributed by atoms with Gasteiger partial charge in [-0.15, -0.1) is 0 Å². The number of halogens is 2. The van der Waals surface area contributed by atoms with Crippen molar-refractivity contribution in [1.29, 1.82) is 0 Å². The summed E-state index contributed by atoms with van der Waals surface area (Å²) in [5.41, 5.74) is 2.32. The Kier molecular flexibility index (Phi) is 3.10. The third kappa shape index (κ3) is 2.28. The van der Waals surface area contributed by atoms with Crippen LogP contribution in [0.3, 0.4) is 0 Å². The molecule has 1 heterocycles. The van der Waals surface area contributed by atoms with E-state index in [1.165, 1.54) is 5.56 Å².